The molecule has 6 nitrogen and oxygen atoms in total. The Hall–Kier alpha value is -1.92. The van der Waals surface area contributed by atoms with Crippen molar-refractivity contribution in [1.29, 1.82) is 0 Å². The molecular formula is C50H93NO5. The predicted octanol–water partition coefficient (Wildman–Crippen LogP) is 14.1. The van der Waals surface area contributed by atoms with Crippen molar-refractivity contribution in [2.24, 2.45) is 0 Å². The van der Waals surface area contributed by atoms with Gasteiger partial charge in [-0.2, -0.15) is 0 Å². The zero-order valence-corrected chi connectivity index (χ0v) is 37.1. The van der Waals surface area contributed by atoms with Crippen LogP contribution in [0.5, 0.6) is 0 Å². The van der Waals surface area contributed by atoms with Crippen LogP contribution in [0.1, 0.15) is 245 Å². The van der Waals surface area contributed by atoms with Gasteiger partial charge in [0.25, 0.3) is 0 Å². The molecule has 2 atom stereocenters. The Morgan fingerprint density at radius 2 is 0.857 bits per heavy atom. The highest BCUT2D eigenvalue weighted by Crippen LogP contribution is 2.14. The molecule has 1 amide bonds. The van der Waals surface area contributed by atoms with Crippen LogP contribution in [0.3, 0.4) is 0 Å². The fourth-order valence-electron chi connectivity index (χ4n) is 7.08. The summed E-state index contributed by atoms with van der Waals surface area (Å²) in [6.07, 6.45) is 54.2. The Morgan fingerprint density at radius 3 is 1.32 bits per heavy atom. The number of ether oxygens (including phenoxy) is 1. The van der Waals surface area contributed by atoms with Gasteiger partial charge in [0.2, 0.25) is 5.91 Å². The second-order valence-electron chi connectivity index (χ2n) is 16.4. The van der Waals surface area contributed by atoms with Crippen LogP contribution in [-0.2, 0) is 14.3 Å². The van der Waals surface area contributed by atoms with Crippen molar-refractivity contribution in [3.63, 3.8) is 0 Å². The van der Waals surface area contributed by atoms with Gasteiger partial charge in [-0.25, -0.2) is 0 Å². The number of rotatable bonds is 44. The second-order valence-corrected chi connectivity index (χ2v) is 16.4. The van der Waals surface area contributed by atoms with E-state index in [-0.39, 0.29) is 18.5 Å². The van der Waals surface area contributed by atoms with Gasteiger partial charge in [0, 0.05) is 12.8 Å². The van der Waals surface area contributed by atoms with Crippen molar-refractivity contribution in [2.75, 3.05) is 13.2 Å². The van der Waals surface area contributed by atoms with Gasteiger partial charge in [0.05, 0.1) is 25.4 Å². The van der Waals surface area contributed by atoms with Gasteiger partial charge in [0.15, 0.2) is 0 Å². The maximum absolute atomic E-state index is 12.4. The smallest absolute Gasteiger partial charge is 0.305 e. The number of unbranched alkanes of at least 4 members (excludes halogenated alkanes) is 29. The summed E-state index contributed by atoms with van der Waals surface area (Å²) in [6.45, 7) is 4.81. The molecule has 0 aliphatic rings. The Balaban J connectivity index is 3.52. The lowest BCUT2D eigenvalue weighted by Crippen LogP contribution is -2.45. The highest BCUT2D eigenvalue weighted by atomic mass is 16.5. The van der Waals surface area contributed by atoms with Gasteiger partial charge < -0.3 is 20.3 Å². The van der Waals surface area contributed by atoms with E-state index in [1.807, 2.05) is 6.08 Å². The number of esters is 1. The molecule has 0 bridgehead atoms. The molecule has 0 saturated heterocycles. The van der Waals surface area contributed by atoms with Gasteiger partial charge in [-0.1, -0.05) is 192 Å². The molecule has 0 radical (unpaired) electrons. The first kappa shape index (κ1) is 54.1. The standard InChI is InChI=1S/C50H93NO5/c1-3-5-7-9-11-13-15-23-26-30-34-38-42-48(53)47(46-52)51-49(54)43-39-35-31-27-24-20-18-16-17-19-21-25-29-33-37-41-45-56-50(55)44-40-36-32-28-22-14-12-10-8-6-4-2/h10,12,16,18,38,42,47-48,52-53H,3-9,11,13-15,17,19-37,39-41,43-46H2,1-2H3,(H,51,54)/b12-10-,18-16-,42-38+. The highest BCUT2D eigenvalue weighted by Gasteiger charge is 2.18. The van der Waals surface area contributed by atoms with E-state index >= 15 is 0 Å². The molecule has 2 unspecified atom stereocenters. The maximum Gasteiger partial charge on any atom is 0.305 e. The second kappa shape index (κ2) is 45.8. The minimum Gasteiger partial charge on any atom is -0.466 e. The third kappa shape index (κ3) is 41.7. The molecule has 0 aliphatic carbocycles. The number of hydrogen-bond donors (Lipinski definition) is 3. The van der Waals surface area contributed by atoms with Crippen LogP contribution in [0.15, 0.2) is 36.5 Å². The van der Waals surface area contributed by atoms with Crippen LogP contribution >= 0.6 is 0 Å². The Kier molecular flexibility index (Phi) is 44.2. The number of hydrogen-bond acceptors (Lipinski definition) is 5. The van der Waals surface area contributed by atoms with Gasteiger partial charge >= 0.3 is 5.97 Å². The maximum atomic E-state index is 12.4. The molecule has 3 N–H and O–H groups in total. The average molecular weight is 788 g/mol. The molecule has 0 aromatic rings. The van der Waals surface area contributed by atoms with E-state index in [0.717, 1.165) is 64.2 Å². The van der Waals surface area contributed by atoms with E-state index < -0.39 is 12.1 Å². The van der Waals surface area contributed by atoms with E-state index in [4.69, 9.17) is 4.74 Å². The normalized spacial score (nSPS) is 13.0. The summed E-state index contributed by atoms with van der Waals surface area (Å²) in [4.78, 5) is 24.3. The lowest BCUT2D eigenvalue weighted by atomic mass is 10.1. The van der Waals surface area contributed by atoms with Crippen LogP contribution < -0.4 is 5.32 Å². The fourth-order valence-corrected chi connectivity index (χ4v) is 7.08. The predicted molar refractivity (Wildman–Crippen MR) is 241 cm³/mol. The number of aliphatic hydroxyl groups is 2. The van der Waals surface area contributed by atoms with Crippen LogP contribution in [0.4, 0.5) is 0 Å². The van der Waals surface area contributed by atoms with Crippen molar-refractivity contribution in [2.45, 2.75) is 257 Å². The molecule has 0 aromatic heterocycles. The van der Waals surface area contributed by atoms with Gasteiger partial charge in [-0.15, -0.1) is 0 Å². The highest BCUT2D eigenvalue weighted by molar-refractivity contribution is 5.76. The van der Waals surface area contributed by atoms with Gasteiger partial charge in [0.1, 0.15) is 0 Å². The van der Waals surface area contributed by atoms with Crippen LogP contribution in [0, 0.1) is 0 Å². The van der Waals surface area contributed by atoms with Crippen LogP contribution in [0.25, 0.3) is 0 Å². The quantitative estimate of drug-likeness (QED) is 0.0325. The van der Waals surface area contributed by atoms with Crippen molar-refractivity contribution in [3.05, 3.63) is 36.5 Å². The van der Waals surface area contributed by atoms with E-state index in [0.29, 0.717) is 19.4 Å². The topological polar surface area (TPSA) is 95.9 Å². The Bertz CT molecular complexity index is 915. The molecular weight excluding hydrogens is 695 g/mol. The molecule has 0 saturated carbocycles. The minimum absolute atomic E-state index is 0.0160. The summed E-state index contributed by atoms with van der Waals surface area (Å²) < 4.78 is 5.43. The molecule has 0 spiro atoms. The first-order valence-corrected chi connectivity index (χ1v) is 24.3. The molecule has 0 aromatic carbocycles. The number of aliphatic hydroxyl groups excluding tert-OH is 2. The van der Waals surface area contributed by atoms with Crippen molar-refractivity contribution in [3.8, 4) is 0 Å². The average Bonchev–Trinajstić information content (AvgIpc) is 3.20. The van der Waals surface area contributed by atoms with Crippen LogP contribution in [0.2, 0.25) is 0 Å². The van der Waals surface area contributed by atoms with E-state index in [1.54, 1.807) is 6.08 Å². The van der Waals surface area contributed by atoms with Crippen LogP contribution in [-0.4, -0.2) is 47.4 Å². The third-order valence-electron chi connectivity index (χ3n) is 10.9. The van der Waals surface area contributed by atoms with Crippen molar-refractivity contribution in [1.82, 2.24) is 5.32 Å². The summed E-state index contributed by atoms with van der Waals surface area (Å²) in [5, 5.41) is 23.0. The number of amides is 1. The largest absolute Gasteiger partial charge is 0.466 e. The van der Waals surface area contributed by atoms with Crippen molar-refractivity contribution >= 4 is 11.9 Å². The summed E-state index contributed by atoms with van der Waals surface area (Å²) in [6, 6.07) is -0.639. The number of allylic oxidation sites excluding steroid dienone is 5. The summed E-state index contributed by atoms with van der Waals surface area (Å²) >= 11 is 0. The molecule has 0 aliphatic heterocycles. The SMILES string of the molecule is CCCC/C=C\CCCCCCCC(=O)OCCCCCCCCC/C=C\CCCCCCCC(=O)NC(CO)C(O)/C=C/CCCCCCCCCCCC. The summed E-state index contributed by atoms with van der Waals surface area (Å²) in [7, 11) is 0. The summed E-state index contributed by atoms with van der Waals surface area (Å²) in [5.41, 5.74) is 0. The van der Waals surface area contributed by atoms with Gasteiger partial charge in [-0.3, -0.25) is 9.59 Å². The van der Waals surface area contributed by atoms with E-state index in [1.165, 1.54) is 154 Å². The number of nitrogens with one attached hydrogen (secondary N) is 1. The Morgan fingerprint density at radius 1 is 0.482 bits per heavy atom. The van der Waals surface area contributed by atoms with Gasteiger partial charge in [-0.05, 0) is 77.0 Å². The first-order valence-electron chi connectivity index (χ1n) is 24.3. The zero-order valence-electron chi connectivity index (χ0n) is 37.1. The van der Waals surface area contributed by atoms with Crippen molar-refractivity contribution < 1.29 is 24.5 Å². The fraction of sp³-hybridized carbons (Fsp3) is 0.840. The molecule has 328 valence electrons. The first-order chi connectivity index (χ1) is 27.5. The minimum atomic E-state index is -0.853. The molecule has 0 heterocycles. The van der Waals surface area contributed by atoms with E-state index in [9.17, 15) is 19.8 Å². The lowest BCUT2D eigenvalue weighted by Gasteiger charge is -2.20. The van der Waals surface area contributed by atoms with E-state index in [2.05, 4.69) is 43.5 Å². The molecule has 6 heteroatoms. The molecule has 0 fully saturated rings. The monoisotopic (exact) mass is 788 g/mol. The molecule has 56 heavy (non-hydrogen) atoms. The third-order valence-corrected chi connectivity index (χ3v) is 10.9. The Labute approximate surface area is 347 Å². The molecule has 0 rings (SSSR count). The number of carbonyl (C=O) groups is 2. The zero-order chi connectivity index (χ0) is 40.8. The summed E-state index contributed by atoms with van der Waals surface area (Å²) in [5.74, 6) is -0.103. The number of carbonyl (C=O) groups excluding carboxylic acids is 2. The lowest BCUT2D eigenvalue weighted by molar-refractivity contribution is -0.143.